The average Bonchev–Trinajstić information content (AvgIpc) is 2.57. The fourth-order valence-electron chi connectivity index (χ4n) is 1.40. The molecule has 0 aromatic heterocycles. The molecule has 3 nitrogen and oxygen atoms in total. The molecule has 1 N–H and O–H groups in total. The number of hydrogen-bond donors (Lipinski definition) is 1. The number of carboxylic acid groups (broad SMARTS) is 1. The minimum Gasteiger partial charge on any atom is -0.477 e. The van der Waals surface area contributed by atoms with Crippen LogP contribution >= 0.6 is 0 Å². The van der Waals surface area contributed by atoms with Gasteiger partial charge < -0.3 is 9.84 Å². The summed E-state index contributed by atoms with van der Waals surface area (Å²) in [5.41, 5.74) is 1.08. The monoisotopic (exact) mass is 188 g/mol. The Kier molecular flexibility index (Phi) is 2.11. The summed E-state index contributed by atoms with van der Waals surface area (Å²) in [6.07, 6.45) is 0.347. The number of ether oxygens (including phenoxy) is 1. The molecule has 1 aromatic rings. The second kappa shape index (κ2) is 3.43. The predicted molar refractivity (Wildman–Crippen MR) is 50.0 cm³/mol. The zero-order valence-electron chi connectivity index (χ0n) is 7.36. The highest BCUT2D eigenvalue weighted by molar-refractivity contribution is 5.86. The first-order valence-electron chi connectivity index (χ1n) is 4.25. The standard InChI is InChI=1S/C11H8O3/c12-11(13)6-5-9-7-8-3-1-2-4-10(8)14-9/h1-4,9H,7H2,(H,12,13). The van der Waals surface area contributed by atoms with Crippen LogP contribution in [0.4, 0.5) is 0 Å². The molecule has 70 valence electrons. The van der Waals surface area contributed by atoms with E-state index in [4.69, 9.17) is 9.84 Å². The molecule has 0 radical (unpaired) electrons. The molecule has 1 heterocycles. The van der Waals surface area contributed by atoms with E-state index in [0.29, 0.717) is 6.42 Å². The highest BCUT2D eigenvalue weighted by Crippen LogP contribution is 2.27. The van der Waals surface area contributed by atoms with Crippen molar-refractivity contribution in [3.63, 3.8) is 0 Å². The molecule has 0 bridgehead atoms. The van der Waals surface area contributed by atoms with Gasteiger partial charge in [0.2, 0.25) is 0 Å². The van der Waals surface area contributed by atoms with Gasteiger partial charge in [-0.1, -0.05) is 18.2 Å². The molecule has 0 saturated carbocycles. The van der Waals surface area contributed by atoms with E-state index in [1.807, 2.05) is 24.3 Å². The quantitative estimate of drug-likeness (QED) is 0.619. The Balaban J connectivity index is 2.13. The molecule has 0 spiro atoms. The largest absolute Gasteiger partial charge is 0.477 e. The van der Waals surface area contributed by atoms with Crippen molar-refractivity contribution in [2.45, 2.75) is 12.5 Å². The Hall–Kier alpha value is -1.95. The molecular weight excluding hydrogens is 180 g/mol. The van der Waals surface area contributed by atoms with Gasteiger partial charge in [0.1, 0.15) is 5.75 Å². The average molecular weight is 188 g/mol. The Labute approximate surface area is 81.3 Å². The van der Waals surface area contributed by atoms with Gasteiger partial charge in [-0.05, 0) is 17.6 Å². The molecule has 3 heteroatoms. The van der Waals surface area contributed by atoms with E-state index in [0.717, 1.165) is 11.3 Å². The van der Waals surface area contributed by atoms with Gasteiger partial charge >= 0.3 is 5.97 Å². The predicted octanol–water partition coefficient (Wildman–Crippen LogP) is 1.08. The van der Waals surface area contributed by atoms with Crippen molar-refractivity contribution in [3.05, 3.63) is 29.8 Å². The van der Waals surface area contributed by atoms with Crippen molar-refractivity contribution in [1.29, 1.82) is 0 Å². The third-order valence-electron chi connectivity index (χ3n) is 1.99. The van der Waals surface area contributed by atoms with Crippen LogP contribution in [0.1, 0.15) is 5.56 Å². The first-order valence-corrected chi connectivity index (χ1v) is 4.25. The third-order valence-corrected chi connectivity index (χ3v) is 1.99. The Bertz CT molecular complexity index is 401. The number of fused-ring (bicyclic) bond motifs is 1. The van der Waals surface area contributed by atoms with Crippen molar-refractivity contribution in [2.75, 3.05) is 0 Å². The lowest BCUT2D eigenvalue weighted by atomic mass is 10.1. The van der Waals surface area contributed by atoms with Crippen LogP contribution in [0.2, 0.25) is 0 Å². The van der Waals surface area contributed by atoms with Crippen LogP contribution in [-0.4, -0.2) is 17.2 Å². The van der Waals surface area contributed by atoms with Gasteiger partial charge in [0.25, 0.3) is 0 Å². The third kappa shape index (κ3) is 1.69. The van der Waals surface area contributed by atoms with E-state index < -0.39 is 5.97 Å². The smallest absolute Gasteiger partial charge is 0.382 e. The fourth-order valence-corrected chi connectivity index (χ4v) is 1.40. The van der Waals surface area contributed by atoms with E-state index in [9.17, 15) is 4.79 Å². The lowest BCUT2D eigenvalue weighted by molar-refractivity contribution is -0.130. The zero-order chi connectivity index (χ0) is 9.97. The molecule has 1 aliphatic rings. The van der Waals surface area contributed by atoms with Crippen molar-refractivity contribution in [3.8, 4) is 17.6 Å². The first kappa shape index (κ1) is 8.64. The molecular formula is C11H8O3. The summed E-state index contributed by atoms with van der Waals surface area (Å²) in [6, 6.07) is 7.62. The molecule has 1 aromatic carbocycles. The lowest BCUT2D eigenvalue weighted by Gasteiger charge is -2.00. The van der Waals surface area contributed by atoms with E-state index in [-0.39, 0.29) is 6.10 Å². The van der Waals surface area contributed by atoms with Crippen molar-refractivity contribution in [2.24, 2.45) is 0 Å². The Morgan fingerprint density at radius 3 is 3.00 bits per heavy atom. The van der Waals surface area contributed by atoms with Gasteiger partial charge in [-0.25, -0.2) is 4.79 Å². The maximum absolute atomic E-state index is 10.2. The number of hydrogen-bond acceptors (Lipinski definition) is 2. The SMILES string of the molecule is O=C(O)C#CC1Cc2ccccc2O1. The summed E-state index contributed by atoms with van der Waals surface area (Å²) in [5.74, 6) is 4.30. The van der Waals surface area contributed by atoms with Gasteiger partial charge in [-0.15, -0.1) is 0 Å². The van der Waals surface area contributed by atoms with Crippen LogP contribution in [-0.2, 0) is 11.2 Å². The number of rotatable bonds is 0. The molecule has 0 aliphatic carbocycles. The maximum atomic E-state index is 10.2. The number of para-hydroxylation sites is 1. The van der Waals surface area contributed by atoms with Crippen LogP contribution in [0.25, 0.3) is 0 Å². The summed E-state index contributed by atoms with van der Waals surface area (Å²) in [4.78, 5) is 10.2. The Morgan fingerprint density at radius 1 is 1.50 bits per heavy atom. The van der Waals surface area contributed by atoms with Crippen LogP contribution < -0.4 is 4.74 Å². The molecule has 0 saturated heterocycles. The summed E-state index contributed by atoms with van der Waals surface area (Å²) >= 11 is 0. The molecule has 1 unspecified atom stereocenters. The van der Waals surface area contributed by atoms with Crippen LogP contribution in [0, 0.1) is 11.8 Å². The topological polar surface area (TPSA) is 46.5 Å². The van der Waals surface area contributed by atoms with Gasteiger partial charge in [0, 0.05) is 12.3 Å². The van der Waals surface area contributed by atoms with Crippen molar-refractivity contribution < 1.29 is 14.6 Å². The second-order valence-electron chi connectivity index (χ2n) is 2.99. The van der Waals surface area contributed by atoms with E-state index >= 15 is 0 Å². The normalized spacial score (nSPS) is 17.6. The van der Waals surface area contributed by atoms with Gasteiger partial charge in [0.05, 0.1) is 0 Å². The van der Waals surface area contributed by atoms with Gasteiger partial charge in [-0.3, -0.25) is 0 Å². The van der Waals surface area contributed by atoms with Gasteiger partial charge in [0.15, 0.2) is 6.10 Å². The van der Waals surface area contributed by atoms with Crippen LogP contribution in [0.15, 0.2) is 24.3 Å². The summed E-state index contributed by atoms with van der Waals surface area (Å²) < 4.78 is 5.42. The molecule has 1 atom stereocenters. The second-order valence-corrected chi connectivity index (χ2v) is 2.99. The lowest BCUT2D eigenvalue weighted by Crippen LogP contribution is -2.09. The molecule has 0 amide bonds. The number of aliphatic carboxylic acids is 1. The first-order chi connectivity index (χ1) is 6.75. The minimum absolute atomic E-state index is 0.316. The summed E-state index contributed by atoms with van der Waals surface area (Å²) in [7, 11) is 0. The molecule has 1 aliphatic heterocycles. The van der Waals surface area contributed by atoms with Gasteiger partial charge in [-0.2, -0.15) is 0 Å². The maximum Gasteiger partial charge on any atom is 0.382 e. The Morgan fingerprint density at radius 2 is 2.29 bits per heavy atom. The van der Waals surface area contributed by atoms with E-state index in [1.165, 1.54) is 0 Å². The fraction of sp³-hybridized carbons (Fsp3) is 0.182. The summed E-state index contributed by atoms with van der Waals surface area (Å²) in [5, 5.41) is 8.36. The van der Waals surface area contributed by atoms with E-state index in [2.05, 4.69) is 11.8 Å². The minimum atomic E-state index is -1.12. The number of carboxylic acids is 1. The molecule has 2 rings (SSSR count). The van der Waals surface area contributed by atoms with Crippen LogP contribution in [0.5, 0.6) is 5.75 Å². The van der Waals surface area contributed by atoms with Crippen molar-refractivity contribution >= 4 is 5.97 Å². The highest BCUT2D eigenvalue weighted by Gasteiger charge is 2.19. The molecule has 0 fully saturated rings. The van der Waals surface area contributed by atoms with E-state index in [1.54, 1.807) is 0 Å². The highest BCUT2D eigenvalue weighted by atomic mass is 16.5. The zero-order valence-corrected chi connectivity index (χ0v) is 7.36. The summed E-state index contributed by atoms with van der Waals surface area (Å²) in [6.45, 7) is 0. The number of carbonyl (C=O) groups is 1. The van der Waals surface area contributed by atoms with Crippen LogP contribution in [0.3, 0.4) is 0 Å². The number of benzene rings is 1. The molecule has 14 heavy (non-hydrogen) atoms. The van der Waals surface area contributed by atoms with Crippen molar-refractivity contribution in [1.82, 2.24) is 0 Å².